The van der Waals surface area contributed by atoms with Crippen molar-refractivity contribution in [1.82, 2.24) is 26.8 Å². The van der Waals surface area contributed by atoms with E-state index in [1.807, 2.05) is 0 Å². The van der Waals surface area contributed by atoms with Gasteiger partial charge in [0.15, 0.2) is 5.03 Å². The van der Waals surface area contributed by atoms with Crippen LogP contribution in [0.5, 0.6) is 0 Å². The number of carbonyl (C=O) groups excluding carboxylic acids is 4. The number of morpholine rings is 4. The number of benzene rings is 5. The van der Waals surface area contributed by atoms with Gasteiger partial charge in [-0.1, -0.05) is 64.6 Å². The number of hydrogen-bond donors (Lipinski definition) is 4. The highest BCUT2D eigenvalue weighted by molar-refractivity contribution is 7.89. The van der Waals surface area contributed by atoms with Gasteiger partial charge < -0.3 is 44.8 Å². The van der Waals surface area contributed by atoms with Crippen molar-refractivity contribution in [2.45, 2.75) is 41.3 Å². The fourth-order valence-electron chi connectivity index (χ4n) is 8.89. The molecule has 0 saturated carbocycles. The van der Waals surface area contributed by atoms with E-state index >= 15 is 0 Å². The second-order valence-corrected chi connectivity index (χ2v) is 30.4. The summed E-state index contributed by atoms with van der Waals surface area (Å²) in [4.78, 5) is 52.8. The predicted molar refractivity (Wildman–Crippen MR) is 344 cm³/mol. The van der Waals surface area contributed by atoms with Crippen LogP contribution in [-0.4, -0.2) is 199 Å². The van der Waals surface area contributed by atoms with Crippen molar-refractivity contribution in [1.29, 1.82) is 0 Å². The molecule has 1 aromatic heterocycles. The maximum absolute atomic E-state index is 13.5. The van der Waals surface area contributed by atoms with Crippen molar-refractivity contribution >= 4 is 133 Å². The minimum absolute atomic E-state index is 0.0380. The van der Waals surface area contributed by atoms with Crippen molar-refractivity contribution in [2.75, 3.05) is 112 Å². The van der Waals surface area contributed by atoms with Gasteiger partial charge in [0.05, 0.1) is 69.7 Å². The highest BCUT2D eigenvalue weighted by Crippen LogP contribution is 2.26. The summed E-state index contributed by atoms with van der Waals surface area (Å²) in [5.74, 6) is -4.88. The summed E-state index contributed by atoms with van der Waals surface area (Å²) in [6.07, 6.45) is -0.0619. The minimum atomic E-state index is -3.83. The van der Waals surface area contributed by atoms with E-state index in [0.29, 0.717) is 0 Å². The lowest BCUT2D eigenvalue weighted by Crippen LogP contribution is -2.50. The van der Waals surface area contributed by atoms with Crippen LogP contribution in [0.3, 0.4) is 0 Å². The minimum Gasteiger partial charge on any atom is -0.366 e. The number of nitrogens with zero attached hydrogens (tertiary/aromatic N) is 6. The Morgan fingerprint density at radius 1 is 0.484 bits per heavy atom. The Morgan fingerprint density at radius 2 is 0.800 bits per heavy atom. The van der Waals surface area contributed by atoms with Crippen LogP contribution in [0.1, 0.15) is 6.92 Å². The average molecular weight is 1490 g/mol. The lowest BCUT2D eigenvalue weighted by molar-refractivity contribution is -0.131. The molecule has 38 heteroatoms. The van der Waals surface area contributed by atoms with Crippen LogP contribution in [0, 0.1) is 23.3 Å². The quantitative estimate of drug-likeness (QED) is 0.0820. The van der Waals surface area contributed by atoms with Gasteiger partial charge in [-0.05, 0) is 91.9 Å². The van der Waals surface area contributed by atoms with E-state index in [1.165, 1.54) is 97.6 Å². The fraction of sp³-hybridized carbons (Fsp3) is 0.351. The van der Waals surface area contributed by atoms with Crippen LogP contribution < -0.4 is 21.3 Å². The largest absolute Gasteiger partial charge is 0.366 e. The molecule has 4 amide bonds. The Balaban J connectivity index is 0.000000180. The summed E-state index contributed by atoms with van der Waals surface area (Å²) in [6.45, 7) is 2.20. The molecule has 5 aromatic carbocycles. The van der Waals surface area contributed by atoms with Gasteiger partial charge in [0.1, 0.15) is 47.7 Å². The molecule has 4 saturated heterocycles. The van der Waals surface area contributed by atoms with E-state index in [9.17, 15) is 70.4 Å². The molecule has 4 unspecified atom stereocenters. The Bertz CT molecular complexity index is 4220. The summed E-state index contributed by atoms with van der Waals surface area (Å²) in [6, 6.07) is 23.4. The van der Waals surface area contributed by atoms with Crippen molar-refractivity contribution < 1.29 is 89.4 Å². The predicted octanol–water partition coefficient (Wildman–Crippen LogP) is 6.29. The molecule has 4 aliphatic rings. The first kappa shape index (κ1) is 75.9. The molecule has 10 rings (SSSR count). The van der Waals surface area contributed by atoms with Crippen molar-refractivity contribution in [3.05, 3.63) is 159 Å². The zero-order chi connectivity index (χ0) is 69.6. The van der Waals surface area contributed by atoms with Gasteiger partial charge in [-0.15, -0.1) is 0 Å². The number of sulfonamides is 4. The number of aryl methyl sites for hydroxylation is 1. The first-order chi connectivity index (χ1) is 44.7. The number of halogens is 8. The molecule has 4 atom stereocenters. The third kappa shape index (κ3) is 21.3. The van der Waals surface area contributed by atoms with Crippen molar-refractivity contribution in [2.24, 2.45) is 7.05 Å². The van der Waals surface area contributed by atoms with Gasteiger partial charge in [0.25, 0.3) is 33.7 Å². The molecule has 6 aromatic rings. The van der Waals surface area contributed by atoms with Crippen LogP contribution in [0.2, 0.25) is 20.1 Å². The van der Waals surface area contributed by atoms with Gasteiger partial charge in [-0.2, -0.15) is 17.2 Å². The maximum Gasteiger partial charge on any atom is 0.262 e. The zero-order valence-electron chi connectivity index (χ0n) is 50.3. The van der Waals surface area contributed by atoms with E-state index in [0.717, 1.165) is 34.8 Å². The number of anilines is 4. The van der Waals surface area contributed by atoms with E-state index in [-0.39, 0.29) is 137 Å². The maximum atomic E-state index is 13.5. The van der Waals surface area contributed by atoms with Gasteiger partial charge in [0.2, 0.25) is 30.1 Å². The Hall–Kier alpha value is -6.45. The molecule has 0 spiro atoms. The van der Waals surface area contributed by atoms with Crippen LogP contribution in [0.4, 0.5) is 40.3 Å². The Kier molecular flexibility index (Phi) is 26.9. The van der Waals surface area contributed by atoms with Gasteiger partial charge >= 0.3 is 0 Å². The van der Waals surface area contributed by atoms with E-state index in [1.54, 1.807) is 25.2 Å². The van der Waals surface area contributed by atoms with Gasteiger partial charge in [0, 0.05) is 88.4 Å². The van der Waals surface area contributed by atoms with Gasteiger partial charge in [-0.25, -0.2) is 56.2 Å². The molecular weight excluding hydrogens is 1430 g/mol. The zero-order valence-corrected chi connectivity index (χ0v) is 56.6. The number of amides is 4. The lowest BCUT2D eigenvalue weighted by atomic mass is 10.2. The van der Waals surface area contributed by atoms with Gasteiger partial charge in [-0.3, -0.25) is 19.2 Å². The summed E-state index contributed by atoms with van der Waals surface area (Å²) in [7, 11) is -12.6. The molecule has 5 heterocycles. The number of hydrogen-bond acceptors (Lipinski definition) is 17. The first-order valence-electron chi connectivity index (χ1n) is 28.2. The number of rotatable bonds is 15. The van der Waals surface area contributed by atoms with Crippen molar-refractivity contribution in [3.8, 4) is 0 Å². The molecule has 4 fully saturated rings. The number of carbonyl (C=O) groups is 4. The summed E-state index contributed by atoms with van der Waals surface area (Å²) < 4.78 is 178. The molecule has 0 bridgehead atoms. The normalized spacial score (nSPS) is 19.2. The van der Waals surface area contributed by atoms with Crippen LogP contribution in [0.15, 0.2) is 126 Å². The summed E-state index contributed by atoms with van der Waals surface area (Å²) in [5, 5.41) is 9.63. The molecule has 4 N–H and O–H groups in total. The van der Waals surface area contributed by atoms with Crippen LogP contribution in [-0.2, 0) is 85.3 Å². The Morgan fingerprint density at radius 3 is 1.12 bits per heavy atom. The molecule has 26 nitrogen and oxygen atoms in total. The second-order valence-electron chi connectivity index (χ2n) is 20.7. The van der Waals surface area contributed by atoms with Crippen LogP contribution in [0.25, 0.3) is 0 Å². The number of ether oxygens (including phenoxy) is 4. The van der Waals surface area contributed by atoms with E-state index in [2.05, 4.69) is 26.3 Å². The fourth-order valence-corrected chi connectivity index (χ4v) is 14.1. The number of imidazole rings is 1. The topological polar surface area (TPSA) is 321 Å². The molecule has 95 heavy (non-hydrogen) atoms. The molecule has 0 radical (unpaired) electrons. The second kappa shape index (κ2) is 33.7. The number of nitrogens with one attached hydrogen (secondary N) is 4. The lowest BCUT2D eigenvalue weighted by Gasteiger charge is -2.31. The standard InChI is InChI=1S/C17H16ClFN2O4S.C15H16ClFN4O4S.C13H16ClFN2O4S.C12H14ClFN2O4S/c18-14-7-6-12(10-15(14)19)20-17(22)16-11-21(8-9-25-16)26(23,24)13-4-2-1-3-5-13;1-20-8-14(18-9-20)26(23,24)21-4-5-25-13(7-21)15(22)19-10-2-3-11(16)12(17)6-10;1-2-22(19,20)17-5-6-21-12(8-17)13(18)16-9-3-4-10(14)11(15)7-9;1-21(18,19)16-4-5-20-11(7-16)12(17)15-8-2-3-9(13)10(14)6-8/h1-7,10,16H,8-9,11H2,(H,20,22);2-3,6,8-9,13H,4-5,7H2,1H3,(H,19,22);3-4,7,12H,2,5-6,8H2,1H3,(H,16,18);2-3,6,11H,4-5,7H2,1H3,(H,15,17). The molecule has 0 aliphatic carbocycles. The SMILES string of the molecule is CCS(=O)(=O)N1CCOC(C(=O)Nc2ccc(Cl)c(F)c2)C1.CS(=O)(=O)N1CCOC(C(=O)Nc2ccc(Cl)c(F)c2)C1.Cn1cnc(S(=O)(=O)N2CCOC(C(=O)Nc3ccc(Cl)c(F)c3)C2)c1.O=C(Nc1ccc(Cl)c(F)c1)C1CN(S(=O)(=O)c2ccccc2)CCO1. The highest BCUT2D eigenvalue weighted by atomic mass is 35.5. The first-order valence-corrected chi connectivity index (χ1v) is 36.1. The third-order valence-corrected chi connectivity index (χ3v) is 21.9. The molecule has 4 aliphatic heterocycles. The van der Waals surface area contributed by atoms with Crippen molar-refractivity contribution in [3.63, 3.8) is 0 Å². The third-order valence-electron chi connectivity index (χ3n) is 13.9. The number of aromatic nitrogens is 2. The highest BCUT2D eigenvalue weighted by Gasteiger charge is 2.38. The molecular formula is C57H62Cl4F4N10O16S4. The Labute approximate surface area is 564 Å². The monoisotopic (exact) mass is 1490 g/mol. The van der Waals surface area contributed by atoms with E-state index in [4.69, 9.17) is 65.4 Å². The van der Waals surface area contributed by atoms with E-state index < -0.39 is 111 Å². The molecule has 516 valence electrons. The smallest absolute Gasteiger partial charge is 0.262 e. The van der Waals surface area contributed by atoms with Crippen LogP contribution >= 0.6 is 46.4 Å². The summed E-state index contributed by atoms with van der Waals surface area (Å²) in [5.41, 5.74) is 0.863. The average Bonchev–Trinajstić information content (AvgIpc) is 1.47. The summed E-state index contributed by atoms with van der Waals surface area (Å²) >= 11 is 22.3.